The number of halogens is 1. The maximum Gasteiger partial charge on any atom is 0.280 e. The molecule has 3 N–H and O–H groups in total. The number of aliphatic hydroxyl groups is 1. The van der Waals surface area contributed by atoms with E-state index in [0.717, 1.165) is 17.6 Å². The molecule has 0 spiro atoms. The van der Waals surface area contributed by atoms with Gasteiger partial charge in [0.2, 0.25) is 11.5 Å². The van der Waals surface area contributed by atoms with Gasteiger partial charge < -0.3 is 15.2 Å². The van der Waals surface area contributed by atoms with Gasteiger partial charge in [-0.25, -0.2) is 9.67 Å². The fourth-order valence-electron chi connectivity index (χ4n) is 3.76. The van der Waals surface area contributed by atoms with Gasteiger partial charge in [0, 0.05) is 32.8 Å². The molecule has 0 bridgehead atoms. The van der Waals surface area contributed by atoms with Crippen molar-refractivity contribution in [1.82, 2.24) is 34.1 Å². The van der Waals surface area contributed by atoms with E-state index in [4.69, 9.17) is 16.7 Å². The molecule has 12 heteroatoms. The lowest BCUT2D eigenvalue weighted by Crippen LogP contribution is -2.25. The molecule has 11 nitrogen and oxygen atoms in total. The van der Waals surface area contributed by atoms with Gasteiger partial charge in [-0.15, -0.1) is 0 Å². The molecule has 0 radical (unpaired) electrons. The van der Waals surface area contributed by atoms with Crippen LogP contribution in [-0.2, 0) is 20.6 Å². The van der Waals surface area contributed by atoms with Gasteiger partial charge in [-0.2, -0.15) is 15.2 Å². The molecule has 1 atom stereocenters. The largest absolute Gasteiger partial charge is 0.493 e. The molecule has 0 aliphatic heterocycles. The van der Waals surface area contributed by atoms with Crippen molar-refractivity contribution in [2.24, 2.45) is 25.0 Å². The number of hydrogen-bond acceptors (Lipinski definition) is 6. The number of hydrogen-bond donors (Lipinski definition) is 3. The highest BCUT2D eigenvalue weighted by Crippen LogP contribution is 2.28. The third kappa shape index (κ3) is 4.55. The third-order valence-corrected chi connectivity index (χ3v) is 5.64. The molecule has 0 saturated heterocycles. The first-order valence-electron chi connectivity index (χ1n) is 10.5. The van der Waals surface area contributed by atoms with Crippen LogP contribution in [0.5, 0.6) is 5.88 Å². The zero-order chi connectivity index (χ0) is 23.7. The quantitative estimate of drug-likeness (QED) is 0.351. The van der Waals surface area contributed by atoms with Gasteiger partial charge in [-0.05, 0) is 30.9 Å². The van der Waals surface area contributed by atoms with Crippen LogP contribution in [0.2, 0.25) is 5.15 Å². The molecule has 0 fully saturated rings. The Morgan fingerprint density at radius 3 is 2.70 bits per heavy atom. The number of aromatic nitrogens is 7. The van der Waals surface area contributed by atoms with Crippen LogP contribution < -0.4 is 5.62 Å². The van der Waals surface area contributed by atoms with Gasteiger partial charge in [0.15, 0.2) is 5.65 Å². The second-order valence-corrected chi connectivity index (χ2v) is 8.41. The first-order valence-corrected chi connectivity index (χ1v) is 10.9. The molecule has 1 amide bonds. The zero-order valence-corrected chi connectivity index (χ0v) is 19.3. The molecule has 0 aromatic carbocycles. The van der Waals surface area contributed by atoms with E-state index < -0.39 is 5.91 Å². The third-order valence-electron chi connectivity index (χ3n) is 5.45. The van der Waals surface area contributed by atoms with Gasteiger partial charge in [-0.1, -0.05) is 18.5 Å². The summed E-state index contributed by atoms with van der Waals surface area (Å²) >= 11 is 6.16. The van der Waals surface area contributed by atoms with Crippen LogP contribution in [0.15, 0.2) is 29.5 Å². The topological polar surface area (TPSA) is 139 Å². The number of carbonyl (C=O) groups excluding carboxylic acids is 1. The lowest BCUT2D eigenvalue weighted by atomic mass is 10.1. The Balaban J connectivity index is 1.75. The predicted octanol–water partition coefficient (Wildman–Crippen LogP) is 2.01. The number of pyridine rings is 1. The van der Waals surface area contributed by atoms with E-state index in [-0.39, 0.29) is 29.1 Å². The Morgan fingerprint density at radius 2 is 2.00 bits per heavy atom. The van der Waals surface area contributed by atoms with Crippen LogP contribution in [-0.4, -0.2) is 56.8 Å². The highest BCUT2D eigenvalue weighted by molar-refractivity contribution is 6.30. The number of aryl methyl sites for hydroxylation is 2. The summed E-state index contributed by atoms with van der Waals surface area (Å²) in [5.74, 6) is -0.353. The highest BCUT2D eigenvalue weighted by Gasteiger charge is 2.17. The lowest BCUT2D eigenvalue weighted by Gasteiger charge is -2.12. The molecular formula is C21H25ClN8O3. The van der Waals surface area contributed by atoms with E-state index in [0.29, 0.717) is 29.8 Å². The number of aliphatic hydroxyl groups excluding tert-OH is 1. The molecule has 4 aromatic heterocycles. The smallest absolute Gasteiger partial charge is 0.280 e. The van der Waals surface area contributed by atoms with E-state index in [1.165, 1.54) is 23.0 Å². The van der Waals surface area contributed by atoms with Crippen molar-refractivity contribution >= 4 is 28.7 Å². The second-order valence-electron chi connectivity index (χ2n) is 8.02. The van der Waals surface area contributed by atoms with Crippen LogP contribution in [0, 0.1) is 5.92 Å². The Labute approximate surface area is 194 Å². The number of nitrogens with zero attached hydrogens (tertiary/aromatic N) is 7. The summed E-state index contributed by atoms with van der Waals surface area (Å²) in [6, 6.07) is 2.95. The van der Waals surface area contributed by atoms with Gasteiger partial charge >= 0.3 is 0 Å². The first kappa shape index (κ1) is 22.7. The van der Waals surface area contributed by atoms with E-state index >= 15 is 0 Å². The molecule has 0 saturated carbocycles. The summed E-state index contributed by atoms with van der Waals surface area (Å²) in [7, 11) is 3.42. The van der Waals surface area contributed by atoms with Crippen LogP contribution in [0.1, 0.15) is 30.1 Å². The fourth-order valence-corrected chi connectivity index (χ4v) is 3.97. The standard InChI is InChI=1S/C21H25ClN8O3/c1-12(5-4-6-31)11-30-19-16(10-24-28(19)2)26-21(30)27-18(32)13-7-15(25-17(22)8-13)14-9-23-29(3)20(14)33/h7-10,12,31,33H,4-6,11H2,1-3H3,(H,26,27,32)/t12-/m1/s1. The average Bonchev–Trinajstić information content (AvgIpc) is 3.42. The van der Waals surface area contributed by atoms with Crippen molar-refractivity contribution < 1.29 is 15.0 Å². The lowest BCUT2D eigenvalue weighted by molar-refractivity contribution is 0.0996. The van der Waals surface area contributed by atoms with Gasteiger partial charge in [0.1, 0.15) is 10.7 Å². The van der Waals surface area contributed by atoms with E-state index in [1.54, 1.807) is 17.9 Å². The minimum absolute atomic E-state index is 0.0852. The summed E-state index contributed by atoms with van der Waals surface area (Å²) in [5, 5.41) is 27.7. The van der Waals surface area contributed by atoms with E-state index in [9.17, 15) is 9.90 Å². The molecule has 0 aliphatic carbocycles. The average molecular weight is 473 g/mol. The zero-order valence-electron chi connectivity index (χ0n) is 18.5. The Bertz CT molecular complexity index is 1380. The summed E-state index contributed by atoms with van der Waals surface area (Å²) in [4.78, 5) is 24.8. The number of amides is 1. The number of H-pyrrole nitrogens is 1. The van der Waals surface area contributed by atoms with E-state index in [2.05, 4.69) is 32.1 Å². The number of rotatable bonds is 7. The molecule has 4 rings (SSSR count). The van der Waals surface area contributed by atoms with Crippen LogP contribution >= 0.6 is 11.6 Å². The number of aromatic hydroxyl groups is 1. The van der Waals surface area contributed by atoms with Crippen molar-refractivity contribution in [3.63, 3.8) is 0 Å². The Hall–Kier alpha value is -3.44. The van der Waals surface area contributed by atoms with Crippen molar-refractivity contribution in [1.29, 1.82) is 0 Å². The monoisotopic (exact) mass is 472 g/mol. The maximum atomic E-state index is 13.1. The molecule has 4 aromatic rings. The molecular weight excluding hydrogens is 448 g/mol. The fraction of sp³-hybridized carbons (Fsp3) is 0.381. The Morgan fingerprint density at radius 1 is 1.24 bits per heavy atom. The number of aromatic amines is 1. The highest BCUT2D eigenvalue weighted by atomic mass is 35.5. The summed E-state index contributed by atoms with van der Waals surface area (Å²) in [6.07, 6.45) is 4.66. The van der Waals surface area contributed by atoms with Crippen molar-refractivity contribution in [3.05, 3.63) is 40.9 Å². The summed E-state index contributed by atoms with van der Waals surface area (Å²) in [5.41, 5.74) is 2.86. The van der Waals surface area contributed by atoms with Gasteiger partial charge in [0.25, 0.3) is 5.91 Å². The number of imidazole rings is 1. The first-order chi connectivity index (χ1) is 15.8. The molecule has 174 valence electrons. The van der Waals surface area contributed by atoms with Gasteiger partial charge in [0.05, 0.1) is 23.7 Å². The SMILES string of the molecule is C[C@H](CCCO)Cn1/c(=N/C(=O)c2cc(Cl)nc(-c3cnn(C)c3O)c2)[nH]c2cnn(C)c21. The minimum Gasteiger partial charge on any atom is -0.493 e. The molecule has 0 unspecified atom stereocenters. The van der Waals surface area contributed by atoms with E-state index in [1.807, 2.05) is 11.6 Å². The minimum atomic E-state index is -0.514. The number of nitrogens with one attached hydrogen (secondary N) is 1. The van der Waals surface area contributed by atoms with Crippen LogP contribution in [0.3, 0.4) is 0 Å². The van der Waals surface area contributed by atoms with Crippen molar-refractivity contribution in [2.75, 3.05) is 6.61 Å². The Kier molecular flexibility index (Phi) is 6.34. The normalized spacial score (nSPS) is 13.2. The molecule has 0 aliphatic rings. The number of carbonyl (C=O) groups is 1. The predicted molar refractivity (Wildman–Crippen MR) is 122 cm³/mol. The summed E-state index contributed by atoms with van der Waals surface area (Å²) in [6.45, 7) is 2.81. The van der Waals surface area contributed by atoms with Crippen molar-refractivity contribution in [3.8, 4) is 17.1 Å². The molecule has 33 heavy (non-hydrogen) atoms. The van der Waals surface area contributed by atoms with Crippen LogP contribution in [0.4, 0.5) is 0 Å². The number of fused-ring (bicyclic) bond motifs is 1. The van der Waals surface area contributed by atoms with Crippen LogP contribution in [0.25, 0.3) is 22.4 Å². The second kappa shape index (κ2) is 9.20. The van der Waals surface area contributed by atoms with Gasteiger partial charge in [-0.3, -0.25) is 14.0 Å². The summed E-state index contributed by atoms with van der Waals surface area (Å²) < 4.78 is 4.93. The maximum absolute atomic E-state index is 13.1. The van der Waals surface area contributed by atoms with Crippen molar-refractivity contribution in [2.45, 2.75) is 26.3 Å². The molecule has 4 heterocycles.